The minimum Gasteiger partial charge on any atom is -0.310 e. The second kappa shape index (κ2) is 5.39. The fraction of sp³-hybridized carbons (Fsp3) is 0.300. The van der Waals surface area contributed by atoms with Gasteiger partial charge in [0.05, 0.1) is 18.3 Å². The zero-order valence-corrected chi connectivity index (χ0v) is 9.44. The van der Waals surface area contributed by atoms with Crippen molar-refractivity contribution in [2.24, 2.45) is 0 Å². The summed E-state index contributed by atoms with van der Waals surface area (Å²) in [5.41, 5.74) is 0.734. The number of nitrogens with zero attached hydrogens (tertiary/aromatic N) is 4. The second-order valence-corrected chi connectivity index (χ2v) is 4.25. The van der Waals surface area contributed by atoms with Crippen molar-refractivity contribution in [1.82, 2.24) is 20.3 Å². The first-order valence-corrected chi connectivity index (χ1v) is 5.79. The summed E-state index contributed by atoms with van der Waals surface area (Å²) in [6.45, 7) is 2.43. The van der Waals surface area contributed by atoms with Crippen LogP contribution in [0.1, 0.15) is 10.4 Å². The molecule has 2 heterocycles. The second-order valence-electron chi connectivity index (χ2n) is 3.26. The van der Waals surface area contributed by atoms with Gasteiger partial charge in [-0.2, -0.15) is 5.26 Å². The Morgan fingerprint density at radius 2 is 2.50 bits per heavy atom. The molecule has 2 aromatic heterocycles. The molecule has 0 amide bonds. The van der Waals surface area contributed by atoms with Gasteiger partial charge in [-0.15, -0.1) is 16.4 Å². The molecule has 0 fully saturated rings. The molecule has 0 aromatic carbocycles. The lowest BCUT2D eigenvalue weighted by atomic mass is 10.3. The Morgan fingerprint density at radius 3 is 3.19 bits per heavy atom. The van der Waals surface area contributed by atoms with Crippen LogP contribution in [0.5, 0.6) is 0 Å². The molecule has 0 atom stereocenters. The predicted molar refractivity (Wildman–Crippen MR) is 60.8 cm³/mol. The molecule has 6 heteroatoms. The van der Waals surface area contributed by atoms with Gasteiger partial charge in [-0.1, -0.05) is 5.21 Å². The number of nitriles is 1. The molecule has 0 spiro atoms. The molecule has 0 bridgehead atoms. The van der Waals surface area contributed by atoms with Crippen molar-refractivity contribution >= 4 is 11.3 Å². The Bertz CT molecular complexity index is 468. The van der Waals surface area contributed by atoms with Gasteiger partial charge in [-0.05, 0) is 6.07 Å². The van der Waals surface area contributed by atoms with E-state index in [-0.39, 0.29) is 0 Å². The molecule has 0 aliphatic carbocycles. The molecule has 0 saturated carbocycles. The van der Waals surface area contributed by atoms with Gasteiger partial charge in [-0.3, -0.25) is 4.68 Å². The smallest absolute Gasteiger partial charge is 0.100 e. The van der Waals surface area contributed by atoms with E-state index in [9.17, 15) is 0 Å². The van der Waals surface area contributed by atoms with E-state index in [1.807, 2.05) is 17.6 Å². The van der Waals surface area contributed by atoms with Crippen LogP contribution in [-0.2, 0) is 13.1 Å². The van der Waals surface area contributed by atoms with E-state index in [0.29, 0.717) is 0 Å². The number of hydrogen-bond donors (Lipinski definition) is 1. The summed E-state index contributed by atoms with van der Waals surface area (Å²) in [6, 6.07) is 4.03. The van der Waals surface area contributed by atoms with Gasteiger partial charge in [0.2, 0.25) is 0 Å². The first-order chi connectivity index (χ1) is 7.88. The Labute approximate surface area is 97.3 Å². The molecular weight excluding hydrogens is 222 g/mol. The first kappa shape index (κ1) is 10.8. The average Bonchev–Trinajstić information content (AvgIpc) is 2.95. The summed E-state index contributed by atoms with van der Waals surface area (Å²) < 4.78 is 1.78. The van der Waals surface area contributed by atoms with Crippen LogP contribution in [0.4, 0.5) is 0 Å². The molecule has 1 N–H and O–H groups in total. The quantitative estimate of drug-likeness (QED) is 0.782. The van der Waals surface area contributed by atoms with Gasteiger partial charge in [0.25, 0.3) is 0 Å². The highest BCUT2D eigenvalue weighted by Crippen LogP contribution is 2.12. The van der Waals surface area contributed by atoms with Gasteiger partial charge in [0.15, 0.2) is 0 Å². The van der Waals surface area contributed by atoms with Crippen molar-refractivity contribution in [2.45, 2.75) is 13.1 Å². The highest BCUT2D eigenvalue weighted by molar-refractivity contribution is 7.10. The van der Waals surface area contributed by atoms with Crippen molar-refractivity contribution in [3.8, 4) is 6.07 Å². The third-order valence-corrected chi connectivity index (χ3v) is 3.01. The van der Waals surface area contributed by atoms with Crippen LogP contribution in [0.2, 0.25) is 0 Å². The van der Waals surface area contributed by atoms with Crippen LogP contribution >= 0.6 is 11.3 Å². The van der Waals surface area contributed by atoms with Crippen LogP contribution in [0, 0.1) is 11.3 Å². The third kappa shape index (κ3) is 2.89. The van der Waals surface area contributed by atoms with E-state index in [1.54, 1.807) is 22.2 Å². The maximum absolute atomic E-state index is 8.67. The molecule has 2 rings (SSSR count). The van der Waals surface area contributed by atoms with E-state index in [2.05, 4.69) is 21.7 Å². The van der Waals surface area contributed by atoms with Crippen molar-refractivity contribution in [2.75, 3.05) is 6.54 Å². The summed E-state index contributed by atoms with van der Waals surface area (Å²) in [7, 11) is 0. The fourth-order valence-corrected chi connectivity index (χ4v) is 2.07. The molecule has 16 heavy (non-hydrogen) atoms. The van der Waals surface area contributed by atoms with Gasteiger partial charge in [0.1, 0.15) is 6.07 Å². The van der Waals surface area contributed by atoms with Crippen LogP contribution in [-0.4, -0.2) is 21.5 Å². The van der Waals surface area contributed by atoms with Gasteiger partial charge < -0.3 is 5.32 Å². The zero-order chi connectivity index (χ0) is 11.2. The van der Waals surface area contributed by atoms with Crippen molar-refractivity contribution in [1.29, 1.82) is 5.26 Å². The largest absolute Gasteiger partial charge is 0.310 e. The van der Waals surface area contributed by atoms with Gasteiger partial charge >= 0.3 is 0 Å². The maximum Gasteiger partial charge on any atom is 0.100 e. The van der Waals surface area contributed by atoms with Crippen molar-refractivity contribution in [3.05, 3.63) is 34.3 Å². The van der Waals surface area contributed by atoms with E-state index >= 15 is 0 Å². The summed E-state index contributed by atoms with van der Waals surface area (Å²) in [4.78, 5) is 1.18. The summed E-state index contributed by atoms with van der Waals surface area (Å²) in [5, 5.41) is 21.4. The SMILES string of the molecule is N#Cc1csc(CNCCn2ccnn2)c1. The van der Waals surface area contributed by atoms with Crippen LogP contribution in [0.25, 0.3) is 0 Å². The lowest BCUT2D eigenvalue weighted by molar-refractivity contribution is 0.542. The molecule has 82 valence electrons. The minimum absolute atomic E-state index is 0.734. The van der Waals surface area contributed by atoms with E-state index in [1.165, 1.54) is 4.88 Å². The Balaban J connectivity index is 1.70. The molecule has 0 radical (unpaired) electrons. The monoisotopic (exact) mass is 233 g/mol. The average molecular weight is 233 g/mol. The lowest BCUT2D eigenvalue weighted by Gasteiger charge is -2.02. The van der Waals surface area contributed by atoms with Gasteiger partial charge in [-0.25, -0.2) is 0 Å². The van der Waals surface area contributed by atoms with E-state index < -0.39 is 0 Å². The molecule has 0 saturated heterocycles. The Kier molecular flexibility index (Phi) is 3.64. The molecular formula is C10H11N5S. The van der Waals surface area contributed by atoms with Crippen LogP contribution in [0.3, 0.4) is 0 Å². The number of rotatable bonds is 5. The predicted octanol–water partition coefficient (Wildman–Crippen LogP) is 1.00. The normalized spacial score (nSPS) is 10.2. The molecule has 5 nitrogen and oxygen atoms in total. The number of nitrogens with one attached hydrogen (secondary N) is 1. The topological polar surface area (TPSA) is 66.5 Å². The van der Waals surface area contributed by atoms with E-state index in [0.717, 1.165) is 25.2 Å². The number of aromatic nitrogens is 3. The Hall–Kier alpha value is -1.71. The van der Waals surface area contributed by atoms with Crippen molar-refractivity contribution < 1.29 is 0 Å². The summed E-state index contributed by atoms with van der Waals surface area (Å²) >= 11 is 1.60. The first-order valence-electron chi connectivity index (χ1n) is 4.91. The molecule has 0 aliphatic rings. The third-order valence-electron chi connectivity index (χ3n) is 2.07. The highest BCUT2D eigenvalue weighted by atomic mass is 32.1. The van der Waals surface area contributed by atoms with Crippen LogP contribution < -0.4 is 5.32 Å². The number of hydrogen-bond acceptors (Lipinski definition) is 5. The number of thiophene rings is 1. The molecule has 0 unspecified atom stereocenters. The van der Waals surface area contributed by atoms with E-state index in [4.69, 9.17) is 5.26 Å². The highest BCUT2D eigenvalue weighted by Gasteiger charge is 1.98. The molecule has 0 aliphatic heterocycles. The lowest BCUT2D eigenvalue weighted by Crippen LogP contribution is -2.19. The zero-order valence-electron chi connectivity index (χ0n) is 8.63. The fourth-order valence-electron chi connectivity index (χ4n) is 1.29. The van der Waals surface area contributed by atoms with Crippen molar-refractivity contribution in [3.63, 3.8) is 0 Å². The minimum atomic E-state index is 0.734. The maximum atomic E-state index is 8.67. The Morgan fingerprint density at radius 1 is 1.56 bits per heavy atom. The van der Waals surface area contributed by atoms with Gasteiger partial charge in [0, 0.05) is 29.5 Å². The standard InChI is InChI=1S/C10H11N5S/c11-6-9-5-10(16-8-9)7-12-1-3-15-4-2-13-14-15/h2,4-5,8,12H,1,3,7H2. The summed E-state index contributed by atoms with van der Waals surface area (Å²) in [6.07, 6.45) is 3.50. The van der Waals surface area contributed by atoms with Crippen LogP contribution in [0.15, 0.2) is 23.8 Å². The molecule has 2 aromatic rings. The summed E-state index contributed by atoms with van der Waals surface area (Å²) in [5.74, 6) is 0.